The van der Waals surface area contributed by atoms with Gasteiger partial charge in [-0.1, -0.05) is 0 Å². The summed E-state index contributed by atoms with van der Waals surface area (Å²) in [5, 5.41) is 0.277. The standard InChI is InChI=1S/C19H23N3O9/c1-9(23)29-13-8-28-18(15(31-11(3)25)14(13)30-10(2)24)22-7-6-12-16(22)20-19(27-5)21(4)17(12)26/h6-7,13-15,18H,8H2,1-5H3. The van der Waals surface area contributed by atoms with Crippen molar-refractivity contribution in [3.8, 4) is 6.01 Å². The van der Waals surface area contributed by atoms with Crippen LogP contribution in [-0.4, -0.2) is 64.1 Å². The largest absolute Gasteiger partial charge is 0.468 e. The van der Waals surface area contributed by atoms with E-state index in [2.05, 4.69) is 4.98 Å². The molecule has 3 heterocycles. The summed E-state index contributed by atoms with van der Waals surface area (Å²) in [6.45, 7) is 3.41. The lowest BCUT2D eigenvalue weighted by Crippen LogP contribution is -2.55. The van der Waals surface area contributed by atoms with Crippen LogP contribution >= 0.6 is 0 Å². The van der Waals surface area contributed by atoms with Gasteiger partial charge in [0.25, 0.3) is 5.56 Å². The second-order valence-corrected chi connectivity index (χ2v) is 6.94. The topological polar surface area (TPSA) is 137 Å². The summed E-state index contributed by atoms with van der Waals surface area (Å²) in [7, 11) is 2.89. The van der Waals surface area contributed by atoms with Crippen LogP contribution < -0.4 is 10.3 Å². The van der Waals surface area contributed by atoms with E-state index in [0.717, 1.165) is 0 Å². The molecule has 1 aliphatic rings. The van der Waals surface area contributed by atoms with Crippen molar-refractivity contribution >= 4 is 28.9 Å². The van der Waals surface area contributed by atoms with Gasteiger partial charge in [0.2, 0.25) is 0 Å². The van der Waals surface area contributed by atoms with Crippen molar-refractivity contribution in [2.24, 2.45) is 7.05 Å². The molecular formula is C19H23N3O9. The molecule has 0 radical (unpaired) electrons. The highest BCUT2D eigenvalue weighted by Gasteiger charge is 2.48. The molecule has 3 rings (SSSR count). The fourth-order valence-corrected chi connectivity index (χ4v) is 3.51. The molecule has 12 heteroatoms. The predicted octanol–water partition coefficient (Wildman–Crippen LogP) is 0.0675. The zero-order valence-corrected chi connectivity index (χ0v) is 17.7. The summed E-state index contributed by atoms with van der Waals surface area (Å²) >= 11 is 0. The summed E-state index contributed by atoms with van der Waals surface area (Å²) in [5.41, 5.74) is -0.135. The maximum absolute atomic E-state index is 12.6. The van der Waals surface area contributed by atoms with Crippen LogP contribution in [0.2, 0.25) is 0 Å². The summed E-state index contributed by atoms with van der Waals surface area (Å²) in [4.78, 5) is 52.0. The second-order valence-electron chi connectivity index (χ2n) is 6.94. The lowest BCUT2D eigenvalue weighted by molar-refractivity contribution is -0.239. The minimum Gasteiger partial charge on any atom is -0.468 e. The van der Waals surface area contributed by atoms with Crippen molar-refractivity contribution in [2.45, 2.75) is 45.3 Å². The van der Waals surface area contributed by atoms with Crippen LogP contribution in [0.25, 0.3) is 11.0 Å². The Bertz CT molecular complexity index is 1070. The third-order valence-corrected chi connectivity index (χ3v) is 4.69. The number of methoxy groups -OCH3 is 1. The molecule has 4 unspecified atom stereocenters. The fraction of sp³-hybridized carbons (Fsp3) is 0.526. The number of hydrogen-bond acceptors (Lipinski definition) is 10. The molecule has 12 nitrogen and oxygen atoms in total. The SMILES string of the molecule is COc1nc2c(ccn2C2OCC(OC(C)=O)C(OC(C)=O)C2OC(C)=O)c(=O)n1C. The van der Waals surface area contributed by atoms with E-state index >= 15 is 0 Å². The van der Waals surface area contributed by atoms with Crippen LogP contribution in [0.4, 0.5) is 0 Å². The number of rotatable bonds is 5. The molecule has 31 heavy (non-hydrogen) atoms. The normalized spacial score (nSPS) is 23.3. The number of nitrogens with zero attached hydrogens (tertiary/aromatic N) is 3. The first-order valence-corrected chi connectivity index (χ1v) is 9.38. The van der Waals surface area contributed by atoms with Gasteiger partial charge in [-0.2, -0.15) is 4.98 Å². The zero-order valence-electron chi connectivity index (χ0n) is 17.7. The average molecular weight is 437 g/mol. The van der Waals surface area contributed by atoms with Gasteiger partial charge in [0, 0.05) is 34.0 Å². The number of aromatic nitrogens is 3. The van der Waals surface area contributed by atoms with Gasteiger partial charge in [0.15, 0.2) is 30.2 Å². The first kappa shape index (κ1) is 22.3. The van der Waals surface area contributed by atoms with Crippen LogP contribution in [0, 0.1) is 0 Å². The minimum atomic E-state index is -1.19. The molecule has 1 fully saturated rings. The van der Waals surface area contributed by atoms with E-state index in [0.29, 0.717) is 0 Å². The molecule has 0 spiro atoms. The van der Waals surface area contributed by atoms with E-state index < -0.39 is 42.4 Å². The maximum Gasteiger partial charge on any atom is 0.303 e. The number of carbonyl (C=O) groups is 3. The van der Waals surface area contributed by atoms with Crippen LogP contribution in [0.1, 0.15) is 27.0 Å². The molecule has 0 aliphatic carbocycles. The number of fused-ring (bicyclic) bond motifs is 1. The third-order valence-electron chi connectivity index (χ3n) is 4.69. The average Bonchev–Trinajstić information content (AvgIpc) is 3.10. The highest BCUT2D eigenvalue weighted by Crippen LogP contribution is 2.32. The van der Waals surface area contributed by atoms with E-state index in [1.54, 1.807) is 0 Å². The summed E-state index contributed by atoms with van der Waals surface area (Å²) in [5.74, 6) is -1.95. The van der Waals surface area contributed by atoms with Gasteiger partial charge in [0.05, 0.1) is 19.1 Å². The molecule has 2 aromatic rings. The number of esters is 3. The first-order chi connectivity index (χ1) is 14.6. The number of hydrogen-bond donors (Lipinski definition) is 0. The van der Waals surface area contributed by atoms with E-state index in [1.807, 2.05) is 0 Å². The van der Waals surface area contributed by atoms with Gasteiger partial charge >= 0.3 is 23.9 Å². The van der Waals surface area contributed by atoms with Gasteiger partial charge in [-0.15, -0.1) is 0 Å². The lowest BCUT2D eigenvalue weighted by Gasteiger charge is -2.40. The Kier molecular flexibility index (Phi) is 6.29. The van der Waals surface area contributed by atoms with Crippen molar-refractivity contribution < 1.29 is 38.1 Å². The fourth-order valence-electron chi connectivity index (χ4n) is 3.51. The Hall–Kier alpha value is -3.41. The minimum absolute atomic E-state index is 0.0617. The molecule has 0 amide bonds. The van der Waals surface area contributed by atoms with E-state index in [4.69, 9.17) is 23.7 Å². The molecule has 1 aliphatic heterocycles. The lowest BCUT2D eigenvalue weighted by atomic mass is 10.0. The molecule has 0 saturated carbocycles. The molecule has 168 valence electrons. The Balaban J connectivity index is 2.11. The predicted molar refractivity (Wildman–Crippen MR) is 103 cm³/mol. The van der Waals surface area contributed by atoms with Gasteiger partial charge in [-0.05, 0) is 6.07 Å². The van der Waals surface area contributed by atoms with Gasteiger partial charge < -0.3 is 28.3 Å². The van der Waals surface area contributed by atoms with Crippen LogP contribution in [0.15, 0.2) is 17.1 Å². The highest BCUT2D eigenvalue weighted by molar-refractivity contribution is 5.75. The number of carbonyl (C=O) groups excluding carboxylic acids is 3. The van der Waals surface area contributed by atoms with Crippen LogP contribution in [0.3, 0.4) is 0 Å². The Morgan fingerprint density at radius 1 is 1.06 bits per heavy atom. The summed E-state index contributed by atoms with van der Waals surface area (Å²) in [6.07, 6.45) is -2.82. The third kappa shape index (κ3) is 4.38. The van der Waals surface area contributed by atoms with Crippen molar-refractivity contribution in [1.82, 2.24) is 14.1 Å². The second kappa shape index (κ2) is 8.76. The quantitative estimate of drug-likeness (QED) is 0.466. The van der Waals surface area contributed by atoms with Crippen molar-refractivity contribution in [1.29, 1.82) is 0 Å². The summed E-state index contributed by atoms with van der Waals surface area (Å²) < 4.78 is 29.7. The zero-order chi connectivity index (χ0) is 22.9. The molecule has 0 bridgehead atoms. The molecule has 2 aromatic heterocycles. The van der Waals surface area contributed by atoms with Gasteiger partial charge in [-0.3, -0.25) is 23.7 Å². The highest BCUT2D eigenvalue weighted by atomic mass is 16.6. The number of ether oxygens (including phenoxy) is 5. The Morgan fingerprint density at radius 2 is 1.68 bits per heavy atom. The maximum atomic E-state index is 12.6. The molecule has 0 N–H and O–H groups in total. The Morgan fingerprint density at radius 3 is 2.26 bits per heavy atom. The molecule has 4 atom stereocenters. The van der Waals surface area contributed by atoms with Gasteiger partial charge in [0.1, 0.15) is 0 Å². The smallest absolute Gasteiger partial charge is 0.303 e. The Labute approximate surface area is 176 Å². The van der Waals surface area contributed by atoms with Crippen molar-refractivity contribution in [2.75, 3.05) is 13.7 Å². The van der Waals surface area contributed by atoms with Gasteiger partial charge in [-0.25, -0.2) is 0 Å². The van der Waals surface area contributed by atoms with E-state index in [9.17, 15) is 19.2 Å². The summed E-state index contributed by atoms with van der Waals surface area (Å²) in [6, 6.07) is 1.60. The van der Waals surface area contributed by atoms with E-state index in [1.165, 1.54) is 56.3 Å². The molecule has 1 saturated heterocycles. The molecule has 0 aromatic carbocycles. The molecular weight excluding hydrogens is 414 g/mol. The van der Waals surface area contributed by atoms with E-state index in [-0.39, 0.29) is 29.2 Å². The van der Waals surface area contributed by atoms with Crippen LogP contribution in [0.5, 0.6) is 6.01 Å². The van der Waals surface area contributed by atoms with Crippen molar-refractivity contribution in [3.63, 3.8) is 0 Å². The van der Waals surface area contributed by atoms with Crippen LogP contribution in [-0.2, 0) is 40.4 Å². The first-order valence-electron chi connectivity index (χ1n) is 9.38. The van der Waals surface area contributed by atoms with Crippen molar-refractivity contribution in [3.05, 3.63) is 22.6 Å². The monoisotopic (exact) mass is 437 g/mol.